The van der Waals surface area contributed by atoms with Crippen molar-refractivity contribution in [2.24, 2.45) is 0 Å². The highest BCUT2D eigenvalue weighted by atomic mass is 16.2. The maximum atomic E-state index is 12.3. The van der Waals surface area contributed by atoms with Gasteiger partial charge in [0.15, 0.2) is 0 Å². The van der Waals surface area contributed by atoms with Gasteiger partial charge in [0.2, 0.25) is 5.91 Å². The monoisotopic (exact) mass is 287 g/mol. The van der Waals surface area contributed by atoms with Gasteiger partial charge >= 0.3 is 0 Å². The smallest absolute Gasteiger partial charge is 0.256 e. The first-order valence-corrected chi connectivity index (χ1v) is 7.31. The number of aromatic nitrogens is 1. The van der Waals surface area contributed by atoms with Crippen LogP contribution in [0.3, 0.4) is 0 Å². The number of carbonyl (C=O) groups is 2. The van der Waals surface area contributed by atoms with Crippen LogP contribution in [0, 0.1) is 6.92 Å². The number of hydrogen-bond acceptors (Lipinski definition) is 3. The predicted molar refractivity (Wildman–Crippen MR) is 80.5 cm³/mol. The third-order valence-electron chi connectivity index (χ3n) is 3.66. The van der Waals surface area contributed by atoms with Gasteiger partial charge in [-0.25, -0.2) is 0 Å². The number of amides is 2. The van der Waals surface area contributed by atoms with Crippen LogP contribution in [0.15, 0.2) is 24.5 Å². The Hall–Kier alpha value is -2.17. The van der Waals surface area contributed by atoms with Crippen LogP contribution in [-0.2, 0) is 11.3 Å². The van der Waals surface area contributed by atoms with E-state index in [1.807, 2.05) is 26.8 Å². The van der Waals surface area contributed by atoms with Crippen molar-refractivity contribution in [1.82, 2.24) is 15.2 Å². The van der Waals surface area contributed by atoms with E-state index in [0.29, 0.717) is 24.9 Å². The highest BCUT2D eigenvalue weighted by molar-refractivity contribution is 6.01. The Morgan fingerprint density at radius 1 is 1.38 bits per heavy atom. The second-order valence-electron chi connectivity index (χ2n) is 5.06. The van der Waals surface area contributed by atoms with Crippen molar-refractivity contribution in [1.29, 1.82) is 0 Å². The lowest BCUT2D eigenvalue weighted by molar-refractivity contribution is -0.126. The topological polar surface area (TPSA) is 62.3 Å². The Balaban J connectivity index is 0.000000774. The van der Waals surface area contributed by atoms with Crippen molar-refractivity contribution < 1.29 is 9.59 Å². The Morgan fingerprint density at radius 2 is 2.10 bits per heavy atom. The summed E-state index contributed by atoms with van der Waals surface area (Å²) >= 11 is 0. The van der Waals surface area contributed by atoms with Gasteiger partial charge < -0.3 is 10.2 Å². The standard InChI is InChI=1S/C14H15N3O2.C2H6/c1-8-3-4-12(13(18)16-8)17-7-10-5-9(2)15-6-11(10)14(17)19;1-2/h5-6,12H,1,3-4,7H2,2H3,(H,16,18);1-2H3. The van der Waals surface area contributed by atoms with Crippen molar-refractivity contribution in [3.8, 4) is 0 Å². The summed E-state index contributed by atoms with van der Waals surface area (Å²) in [4.78, 5) is 30.1. The average molecular weight is 287 g/mol. The van der Waals surface area contributed by atoms with Gasteiger partial charge in [-0.05, 0) is 31.4 Å². The third kappa shape index (κ3) is 2.82. The molecule has 0 aliphatic carbocycles. The zero-order valence-corrected chi connectivity index (χ0v) is 12.8. The van der Waals surface area contributed by atoms with Crippen LogP contribution in [0.4, 0.5) is 0 Å². The molecular formula is C16H21N3O2. The molecule has 1 saturated heterocycles. The van der Waals surface area contributed by atoms with E-state index in [2.05, 4.69) is 16.9 Å². The molecule has 5 nitrogen and oxygen atoms in total. The number of pyridine rings is 1. The molecule has 1 aromatic rings. The number of hydrogen-bond donors (Lipinski definition) is 1. The van der Waals surface area contributed by atoms with Crippen LogP contribution >= 0.6 is 0 Å². The molecule has 1 unspecified atom stereocenters. The number of rotatable bonds is 1. The fourth-order valence-electron chi connectivity index (χ4n) is 2.66. The van der Waals surface area contributed by atoms with E-state index in [1.54, 1.807) is 11.1 Å². The predicted octanol–water partition coefficient (Wildman–Crippen LogP) is 2.16. The second kappa shape index (κ2) is 6.08. The van der Waals surface area contributed by atoms with Gasteiger partial charge in [0.05, 0.1) is 5.56 Å². The number of allylic oxidation sites excluding steroid dienone is 1. The largest absolute Gasteiger partial charge is 0.329 e. The minimum absolute atomic E-state index is 0.102. The van der Waals surface area contributed by atoms with Crippen molar-refractivity contribution in [3.05, 3.63) is 41.4 Å². The maximum Gasteiger partial charge on any atom is 0.256 e. The van der Waals surface area contributed by atoms with Gasteiger partial charge in [0.1, 0.15) is 6.04 Å². The van der Waals surface area contributed by atoms with Crippen LogP contribution in [0.25, 0.3) is 0 Å². The molecule has 2 aliphatic rings. The van der Waals surface area contributed by atoms with Gasteiger partial charge in [0.25, 0.3) is 5.91 Å². The molecule has 0 aromatic carbocycles. The summed E-state index contributed by atoms with van der Waals surface area (Å²) in [5.41, 5.74) is 3.18. The molecule has 5 heteroatoms. The Morgan fingerprint density at radius 3 is 2.76 bits per heavy atom. The molecular weight excluding hydrogens is 266 g/mol. The van der Waals surface area contributed by atoms with Gasteiger partial charge in [0, 0.05) is 24.1 Å². The lowest BCUT2D eigenvalue weighted by Crippen LogP contribution is -2.49. The zero-order chi connectivity index (χ0) is 15.6. The number of nitrogens with one attached hydrogen (secondary N) is 1. The fraction of sp³-hybridized carbons (Fsp3) is 0.438. The van der Waals surface area contributed by atoms with Gasteiger partial charge in [-0.1, -0.05) is 20.4 Å². The van der Waals surface area contributed by atoms with E-state index in [0.717, 1.165) is 17.0 Å². The molecule has 1 aromatic heterocycles. The van der Waals surface area contributed by atoms with Crippen molar-refractivity contribution in [2.45, 2.75) is 46.2 Å². The lowest BCUT2D eigenvalue weighted by atomic mass is 10.0. The van der Waals surface area contributed by atoms with E-state index in [-0.39, 0.29) is 11.8 Å². The molecule has 3 heterocycles. The first-order valence-electron chi connectivity index (χ1n) is 7.31. The molecule has 2 amide bonds. The molecule has 0 saturated carbocycles. The molecule has 112 valence electrons. The maximum absolute atomic E-state index is 12.3. The van der Waals surface area contributed by atoms with Crippen molar-refractivity contribution >= 4 is 11.8 Å². The summed E-state index contributed by atoms with van der Waals surface area (Å²) < 4.78 is 0. The number of fused-ring (bicyclic) bond motifs is 1. The summed E-state index contributed by atoms with van der Waals surface area (Å²) in [6.45, 7) is 10.1. The molecule has 0 spiro atoms. The van der Waals surface area contributed by atoms with Crippen molar-refractivity contribution in [3.63, 3.8) is 0 Å². The van der Waals surface area contributed by atoms with E-state index in [1.165, 1.54) is 0 Å². The first-order chi connectivity index (χ1) is 10.1. The first kappa shape index (κ1) is 15.2. The normalized spacial score (nSPS) is 20.6. The summed E-state index contributed by atoms with van der Waals surface area (Å²) in [7, 11) is 0. The third-order valence-corrected chi connectivity index (χ3v) is 3.66. The summed E-state index contributed by atoms with van der Waals surface area (Å²) in [6.07, 6.45) is 2.96. The number of piperidine rings is 1. The summed E-state index contributed by atoms with van der Waals surface area (Å²) in [5, 5.41) is 2.72. The van der Waals surface area contributed by atoms with Crippen LogP contribution in [0.1, 0.15) is 48.3 Å². The summed E-state index contributed by atoms with van der Waals surface area (Å²) in [5.74, 6) is -0.239. The van der Waals surface area contributed by atoms with Gasteiger partial charge in [-0.2, -0.15) is 0 Å². The number of nitrogens with zero attached hydrogens (tertiary/aromatic N) is 2. The molecule has 2 aliphatic heterocycles. The van der Waals surface area contributed by atoms with Gasteiger partial charge in [-0.3, -0.25) is 14.6 Å². The minimum Gasteiger partial charge on any atom is -0.329 e. The molecule has 0 bridgehead atoms. The van der Waals surface area contributed by atoms with Gasteiger partial charge in [-0.15, -0.1) is 0 Å². The van der Waals surface area contributed by atoms with E-state index < -0.39 is 6.04 Å². The molecule has 1 fully saturated rings. The number of carbonyl (C=O) groups excluding carboxylic acids is 2. The quantitative estimate of drug-likeness (QED) is 0.861. The molecule has 1 N–H and O–H groups in total. The second-order valence-corrected chi connectivity index (χ2v) is 5.06. The highest BCUT2D eigenvalue weighted by Crippen LogP contribution is 2.28. The Kier molecular flexibility index (Phi) is 4.40. The van der Waals surface area contributed by atoms with Crippen LogP contribution < -0.4 is 5.32 Å². The average Bonchev–Trinajstić information content (AvgIpc) is 2.77. The molecule has 0 radical (unpaired) electrons. The Bertz CT molecular complexity index is 595. The van der Waals surface area contributed by atoms with E-state index >= 15 is 0 Å². The Labute approximate surface area is 125 Å². The SMILES string of the molecule is C=C1CCC(N2Cc3cc(C)ncc3C2=O)C(=O)N1.CC. The minimum atomic E-state index is -0.397. The molecule has 1 atom stereocenters. The summed E-state index contributed by atoms with van der Waals surface area (Å²) in [6, 6.07) is 1.51. The lowest BCUT2D eigenvalue weighted by Gasteiger charge is -2.30. The highest BCUT2D eigenvalue weighted by Gasteiger charge is 2.38. The van der Waals surface area contributed by atoms with Crippen LogP contribution in [0.5, 0.6) is 0 Å². The van der Waals surface area contributed by atoms with Crippen LogP contribution in [-0.4, -0.2) is 27.7 Å². The van der Waals surface area contributed by atoms with E-state index in [4.69, 9.17) is 0 Å². The van der Waals surface area contributed by atoms with Crippen molar-refractivity contribution in [2.75, 3.05) is 0 Å². The number of aryl methyl sites for hydroxylation is 1. The van der Waals surface area contributed by atoms with E-state index in [9.17, 15) is 9.59 Å². The molecule has 21 heavy (non-hydrogen) atoms. The molecule has 3 rings (SSSR count). The fourth-order valence-corrected chi connectivity index (χ4v) is 2.66. The zero-order valence-electron chi connectivity index (χ0n) is 12.8. The van der Waals surface area contributed by atoms with Crippen LogP contribution in [0.2, 0.25) is 0 Å².